The predicted molar refractivity (Wildman–Crippen MR) is 82.2 cm³/mol. The summed E-state index contributed by atoms with van der Waals surface area (Å²) in [5.74, 6) is 0.828. The maximum Gasteiger partial charge on any atom is 0.120 e. The molecule has 104 valence electrons. The Morgan fingerprint density at radius 1 is 1.26 bits per heavy atom. The van der Waals surface area contributed by atoms with Gasteiger partial charge in [0.1, 0.15) is 5.75 Å². The molecule has 2 nitrogen and oxygen atoms in total. The van der Waals surface area contributed by atoms with E-state index in [2.05, 4.69) is 26.0 Å². The highest BCUT2D eigenvalue weighted by Crippen LogP contribution is 2.44. The number of hydrogen-bond acceptors (Lipinski definition) is 2. The number of anilines is 1. The van der Waals surface area contributed by atoms with Crippen molar-refractivity contribution in [1.29, 1.82) is 0 Å². The fraction of sp³-hybridized carbons (Fsp3) is 0.529. The predicted octanol–water partition coefficient (Wildman–Crippen LogP) is 4.65. The van der Waals surface area contributed by atoms with E-state index in [1.165, 1.54) is 36.8 Å². The molecule has 2 rings (SSSR count). The molecule has 0 amide bonds. The Balaban J connectivity index is 2.23. The minimum absolute atomic E-state index is 0.519. The lowest BCUT2D eigenvalue weighted by Crippen LogP contribution is -2.21. The van der Waals surface area contributed by atoms with Crippen molar-refractivity contribution < 1.29 is 4.74 Å². The van der Waals surface area contributed by atoms with Gasteiger partial charge in [-0.05, 0) is 42.4 Å². The maximum absolute atomic E-state index is 6.14. The van der Waals surface area contributed by atoms with Crippen molar-refractivity contribution >= 4 is 11.3 Å². The average molecular weight is 259 g/mol. The van der Waals surface area contributed by atoms with Crippen LogP contribution in [0.4, 0.5) is 5.69 Å². The topological polar surface area (TPSA) is 35.2 Å². The van der Waals surface area contributed by atoms with Crippen molar-refractivity contribution in [1.82, 2.24) is 0 Å². The highest BCUT2D eigenvalue weighted by atomic mass is 16.5. The Hall–Kier alpha value is -1.44. The minimum atomic E-state index is 0.519. The number of benzene rings is 1. The normalized spacial score (nSPS) is 17.9. The summed E-state index contributed by atoms with van der Waals surface area (Å²) in [5.41, 5.74) is 10.1. The summed E-state index contributed by atoms with van der Waals surface area (Å²) >= 11 is 0. The van der Waals surface area contributed by atoms with Crippen LogP contribution in [0.1, 0.15) is 51.5 Å². The number of nitrogens with two attached hydrogens (primary N) is 1. The van der Waals surface area contributed by atoms with Crippen molar-refractivity contribution in [3.8, 4) is 5.75 Å². The molecule has 1 aromatic rings. The standard InChI is InChI=1S/C17H25NO/c1-4-17(5-2)10-8-13(9-11-17)15-7-6-14(19-3)12-16(15)18/h6-8,12H,4-5,9-11,18H2,1-3H3. The molecular formula is C17H25NO. The van der Waals surface area contributed by atoms with E-state index in [0.717, 1.165) is 17.9 Å². The van der Waals surface area contributed by atoms with Crippen molar-refractivity contribution in [3.63, 3.8) is 0 Å². The molecule has 0 spiro atoms. The smallest absolute Gasteiger partial charge is 0.120 e. The van der Waals surface area contributed by atoms with Gasteiger partial charge < -0.3 is 10.5 Å². The number of nitrogen functional groups attached to an aromatic ring is 1. The Bertz CT molecular complexity index is 472. The zero-order valence-electron chi connectivity index (χ0n) is 12.3. The van der Waals surface area contributed by atoms with E-state index >= 15 is 0 Å². The van der Waals surface area contributed by atoms with Crippen LogP contribution in [0.3, 0.4) is 0 Å². The lowest BCUT2D eigenvalue weighted by atomic mass is 9.70. The summed E-state index contributed by atoms with van der Waals surface area (Å²) in [6.07, 6.45) is 8.53. The molecule has 0 heterocycles. The largest absolute Gasteiger partial charge is 0.497 e. The van der Waals surface area contributed by atoms with Crippen molar-refractivity contribution in [2.24, 2.45) is 5.41 Å². The lowest BCUT2D eigenvalue weighted by molar-refractivity contribution is 0.238. The van der Waals surface area contributed by atoms with E-state index in [1.54, 1.807) is 7.11 Å². The number of ether oxygens (including phenoxy) is 1. The number of allylic oxidation sites excluding steroid dienone is 2. The van der Waals surface area contributed by atoms with Gasteiger partial charge in [-0.15, -0.1) is 0 Å². The summed E-state index contributed by atoms with van der Waals surface area (Å²) < 4.78 is 5.21. The van der Waals surface area contributed by atoms with Crippen LogP contribution >= 0.6 is 0 Å². The number of rotatable bonds is 4. The van der Waals surface area contributed by atoms with Crippen LogP contribution in [-0.2, 0) is 0 Å². The Kier molecular flexibility index (Phi) is 4.18. The van der Waals surface area contributed by atoms with Crippen LogP contribution in [0.2, 0.25) is 0 Å². The van der Waals surface area contributed by atoms with E-state index in [0.29, 0.717) is 5.41 Å². The van der Waals surface area contributed by atoms with E-state index in [9.17, 15) is 0 Å². The van der Waals surface area contributed by atoms with E-state index in [1.807, 2.05) is 12.1 Å². The van der Waals surface area contributed by atoms with Gasteiger partial charge in [-0.1, -0.05) is 32.8 Å². The second-order valence-electron chi connectivity index (χ2n) is 5.59. The van der Waals surface area contributed by atoms with Gasteiger partial charge in [-0.3, -0.25) is 0 Å². The monoisotopic (exact) mass is 259 g/mol. The van der Waals surface area contributed by atoms with E-state index in [4.69, 9.17) is 10.5 Å². The van der Waals surface area contributed by atoms with Gasteiger partial charge in [0.2, 0.25) is 0 Å². The van der Waals surface area contributed by atoms with Crippen LogP contribution in [0, 0.1) is 5.41 Å². The van der Waals surface area contributed by atoms with Gasteiger partial charge in [-0.25, -0.2) is 0 Å². The summed E-state index contributed by atoms with van der Waals surface area (Å²) in [6.45, 7) is 4.62. The molecule has 0 unspecified atom stereocenters. The molecule has 0 aromatic heterocycles. The van der Waals surface area contributed by atoms with Gasteiger partial charge in [0, 0.05) is 17.3 Å². The maximum atomic E-state index is 6.14. The van der Waals surface area contributed by atoms with E-state index in [-0.39, 0.29) is 0 Å². The third-order valence-corrected chi connectivity index (χ3v) is 4.81. The van der Waals surface area contributed by atoms with Crippen LogP contribution in [0.5, 0.6) is 5.75 Å². The molecule has 1 aromatic carbocycles. The van der Waals surface area contributed by atoms with Gasteiger partial charge >= 0.3 is 0 Å². The molecule has 2 N–H and O–H groups in total. The second-order valence-corrected chi connectivity index (χ2v) is 5.59. The third-order valence-electron chi connectivity index (χ3n) is 4.81. The first kappa shape index (κ1) is 14.0. The molecule has 0 radical (unpaired) electrons. The van der Waals surface area contributed by atoms with Gasteiger partial charge in [0.15, 0.2) is 0 Å². The van der Waals surface area contributed by atoms with Crippen LogP contribution in [0.25, 0.3) is 5.57 Å². The quantitative estimate of drug-likeness (QED) is 0.799. The minimum Gasteiger partial charge on any atom is -0.497 e. The summed E-state index contributed by atoms with van der Waals surface area (Å²) in [4.78, 5) is 0. The summed E-state index contributed by atoms with van der Waals surface area (Å²) in [7, 11) is 1.67. The fourth-order valence-electron chi connectivity index (χ4n) is 3.04. The molecule has 0 fully saturated rings. The van der Waals surface area contributed by atoms with Gasteiger partial charge in [0.05, 0.1) is 7.11 Å². The molecular weight excluding hydrogens is 234 g/mol. The molecule has 0 bridgehead atoms. The number of methoxy groups -OCH3 is 1. The number of hydrogen-bond donors (Lipinski definition) is 1. The second kappa shape index (κ2) is 5.68. The zero-order chi connectivity index (χ0) is 13.9. The van der Waals surface area contributed by atoms with Crippen molar-refractivity contribution in [3.05, 3.63) is 29.8 Å². The van der Waals surface area contributed by atoms with Crippen molar-refractivity contribution in [2.75, 3.05) is 12.8 Å². The molecule has 19 heavy (non-hydrogen) atoms. The first-order valence-corrected chi connectivity index (χ1v) is 7.27. The lowest BCUT2D eigenvalue weighted by Gasteiger charge is -2.35. The Morgan fingerprint density at radius 3 is 2.47 bits per heavy atom. The molecule has 0 saturated carbocycles. The molecule has 1 aliphatic carbocycles. The van der Waals surface area contributed by atoms with Crippen LogP contribution in [0.15, 0.2) is 24.3 Å². The van der Waals surface area contributed by atoms with Gasteiger partial charge in [0.25, 0.3) is 0 Å². The molecule has 2 heteroatoms. The highest BCUT2D eigenvalue weighted by molar-refractivity contribution is 5.76. The molecule has 1 aliphatic rings. The Morgan fingerprint density at radius 2 is 2.00 bits per heavy atom. The highest BCUT2D eigenvalue weighted by Gasteiger charge is 2.28. The summed E-state index contributed by atoms with van der Waals surface area (Å²) in [6, 6.07) is 6.00. The average Bonchev–Trinajstić information content (AvgIpc) is 2.47. The van der Waals surface area contributed by atoms with Crippen molar-refractivity contribution in [2.45, 2.75) is 46.0 Å². The zero-order valence-corrected chi connectivity index (χ0v) is 12.3. The molecule has 0 aliphatic heterocycles. The molecule has 0 atom stereocenters. The Labute approximate surface area is 116 Å². The van der Waals surface area contributed by atoms with E-state index < -0.39 is 0 Å². The first-order valence-electron chi connectivity index (χ1n) is 7.27. The SMILES string of the molecule is CCC1(CC)CC=C(c2ccc(OC)cc2N)CC1. The summed E-state index contributed by atoms with van der Waals surface area (Å²) in [5, 5.41) is 0. The fourth-order valence-corrected chi connectivity index (χ4v) is 3.04. The van der Waals surface area contributed by atoms with Crippen LogP contribution in [-0.4, -0.2) is 7.11 Å². The first-order chi connectivity index (χ1) is 9.14. The third kappa shape index (κ3) is 2.78. The molecule has 0 saturated heterocycles. The van der Waals surface area contributed by atoms with Crippen LogP contribution < -0.4 is 10.5 Å². The van der Waals surface area contributed by atoms with Gasteiger partial charge in [-0.2, -0.15) is 0 Å².